The van der Waals surface area contributed by atoms with E-state index in [9.17, 15) is 14.7 Å². The van der Waals surface area contributed by atoms with E-state index in [-0.39, 0.29) is 5.91 Å². The van der Waals surface area contributed by atoms with Gasteiger partial charge in [0, 0.05) is 19.2 Å². The van der Waals surface area contributed by atoms with E-state index < -0.39 is 33.3 Å². The van der Waals surface area contributed by atoms with E-state index in [0.717, 1.165) is 33.5 Å². The summed E-state index contributed by atoms with van der Waals surface area (Å²) in [6, 6.07) is 47.1. The van der Waals surface area contributed by atoms with Gasteiger partial charge in [0.25, 0.3) is 11.8 Å². The lowest BCUT2D eigenvalue weighted by atomic mass is 9.72. The van der Waals surface area contributed by atoms with Crippen LogP contribution in [0.4, 0.5) is 5.69 Å². The average Bonchev–Trinajstić information content (AvgIpc) is 3.65. The first kappa shape index (κ1) is 32.8. The molecule has 2 fully saturated rings. The van der Waals surface area contributed by atoms with Crippen LogP contribution in [-0.2, 0) is 19.8 Å². The standard InChI is InChI=1S/C40H35N3O4S3/c1-42-34(44)35(45)43-36-38(27-22-24-31(47-2)25-23-27,32-20-12-13-21-33(32)41-36)26-39(43,37(42)46)48-50-49-40(28-14-6-3-7-15-28,29-16-8-4-9-17-29)30-18-10-5-11-19-30/h3-25,34,36,41,44H,26H2,1-2H3/t34-,36-,38+,39+/m1/s1. The zero-order chi connectivity index (χ0) is 34.5. The molecule has 5 aromatic carbocycles. The van der Waals surface area contributed by atoms with Crippen molar-refractivity contribution >= 4 is 48.9 Å². The fourth-order valence-corrected chi connectivity index (χ4v) is 14.1. The summed E-state index contributed by atoms with van der Waals surface area (Å²) in [5.74, 6) is -0.102. The van der Waals surface area contributed by atoms with Gasteiger partial charge in [0.05, 0.1) is 12.5 Å². The molecule has 4 atom stereocenters. The highest BCUT2D eigenvalue weighted by molar-refractivity contribution is 9.09. The lowest BCUT2D eigenvalue weighted by Crippen LogP contribution is -2.69. The maximum atomic E-state index is 14.7. The van der Waals surface area contributed by atoms with Crippen LogP contribution in [0.2, 0.25) is 0 Å². The van der Waals surface area contributed by atoms with Gasteiger partial charge in [-0.15, -0.1) is 0 Å². The Bertz CT molecular complexity index is 1940. The average molecular weight is 718 g/mol. The number of hydrogen-bond acceptors (Lipinski definition) is 8. The van der Waals surface area contributed by atoms with Crippen molar-refractivity contribution < 1.29 is 19.4 Å². The van der Waals surface area contributed by atoms with Crippen LogP contribution < -0.4 is 10.1 Å². The molecule has 252 valence electrons. The maximum absolute atomic E-state index is 14.7. The highest BCUT2D eigenvalue weighted by Gasteiger charge is 2.72. The number of aliphatic hydroxyl groups is 1. The minimum atomic E-state index is -1.59. The van der Waals surface area contributed by atoms with Gasteiger partial charge in [-0.1, -0.05) is 132 Å². The van der Waals surface area contributed by atoms with Crippen LogP contribution in [0.25, 0.3) is 0 Å². The number of piperazine rings is 1. The number of nitrogens with one attached hydrogen (secondary N) is 1. The van der Waals surface area contributed by atoms with Gasteiger partial charge < -0.3 is 20.1 Å². The summed E-state index contributed by atoms with van der Waals surface area (Å²) in [6.45, 7) is 0. The number of hydrogen-bond donors (Lipinski definition) is 2. The molecule has 0 bridgehead atoms. The first-order chi connectivity index (χ1) is 24.4. The Morgan fingerprint density at radius 1 is 0.780 bits per heavy atom. The summed E-state index contributed by atoms with van der Waals surface area (Å²) in [7, 11) is 7.71. The van der Waals surface area contributed by atoms with E-state index in [1.54, 1.807) is 22.8 Å². The van der Waals surface area contributed by atoms with Crippen LogP contribution in [0, 0.1) is 0 Å². The van der Waals surface area contributed by atoms with Crippen molar-refractivity contribution in [1.29, 1.82) is 0 Å². The summed E-state index contributed by atoms with van der Waals surface area (Å²) in [5.41, 5.74) is 5.36. The normalized spacial score (nSPS) is 24.0. The minimum Gasteiger partial charge on any atom is -0.497 e. The molecule has 0 radical (unpaired) electrons. The van der Waals surface area contributed by atoms with Crippen molar-refractivity contribution in [2.75, 3.05) is 19.5 Å². The quantitative estimate of drug-likeness (QED) is 0.120. The number of para-hydroxylation sites is 1. The largest absolute Gasteiger partial charge is 0.497 e. The van der Waals surface area contributed by atoms with E-state index in [2.05, 4.69) is 47.8 Å². The van der Waals surface area contributed by atoms with Gasteiger partial charge in [-0.05, 0) is 66.6 Å². The molecule has 3 aliphatic heterocycles. The van der Waals surface area contributed by atoms with Crippen LogP contribution in [0.1, 0.15) is 34.2 Å². The Labute approximate surface area is 303 Å². The van der Waals surface area contributed by atoms with Gasteiger partial charge in [0.2, 0.25) is 6.23 Å². The lowest BCUT2D eigenvalue weighted by molar-refractivity contribution is -0.175. The molecule has 0 aliphatic carbocycles. The maximum Gasteiger partial charge on any atom is 0.275 e. The summed E-state index contributed by atoms with van der Waals surface area (Å²) in [4.78, 5) is 30.6. The Hall–Kier alpha value is -4.35. The van der Waals surface area contributed by atoms with Crippen LogP contribution in [0.15, 0.2) is 140 Å². The zero-order valence-electron chi connectivity index (χ0n) is 27.4. The van der Waals surface area contributed by atoms with Gasteiger partial charge in [0.15, 0.2) is 4.87 Å². The van der Waals surface area contributed by atoms with E-state index in [0.29, 0.717) is 12.2 Å². The number of benzene rings is 5. The second-order valence-electron chi connectivity index (χ2n) is 12.8. The molecule has 10 heteroatoms. The predicted molar refractivity (Wildman–Crippen MR) is 203 cm³/mol. The highest BCUT2D eigenvalue weighted by Crippen LogP contribution is 2.67. The van der Waals surface area contributed by atoms with Crippen LogP contribution in [0.3, 0.4) is 0 Å². The first-order valence-corrected chi connectivity index (χ1v) is 19.8. The third-order valence-corrected chi connectivity index (χ3v) is 15.4. The molecule has 7 nitrogen and oxygen atoms in total. The Morgan fingerprint density at radius 2 is 1.32 bits per heavy atom. The summed E-state index contributed by atoms with van der Waals surface area (Å²) >= 11 is 0. The van der Waals surface area contributed by atoms with Crippen molar-refractivity contribution in [3.05, 3.63) is 167 Å². The molecular weight excluding hydrogens is 683 g/mol. The number of fused-ring (bicyclic) bond motifs is 5. The van der Waals surface area contributed by atoms with Crippen molar-refractivity contribution in [1.82, 2.24) is 9.80 Å². The van der Waals surface area contributed by atoms with Gasteiger partial charge in [0.1, 0.15) is 16.7 Å². The number of anilines is 1. The molecule has 0 unspecified atom stereocenters. The fraction of sp³-hybridized carbons (Fsp3) is 0.200. The fourth-order valence-electron chi connectivity index (χ4n) is 7.92. The summed E-state index contributed by atoms with van der Waals surface area (Å²) in [6.07, 6.45) is -1.91. The number of likely N-dealkylation sites (N-methyl/N-ethyl adjacent to an activating group) is 1. The number of aliphatic hydroxyl groups excluding tert-OH is 1. The van der Waals surface area contributed by atoms with E-state index in [1.165, 1.54) is 32.6 Å². The molecule has 50 heavy (non-hydrogen) atoms. The number of rotatable bonds is 9. The molecule has 8 rings (SSSR count). The Kier molecular flexibility index (Phi) is 8.38. The van der Waals surface area contributed by atoms with E-state index in [1.807, 2.05) is 97.1 Å². The van der Waals surface area contributed by atoms with Crippen LogP contribution in [0.5, 0.6) is 5.75 Å². The SMILES string of the molecule is COc1ccc([C@]23C[C@]4(SSSC(c5ccccc5)(c5ccccc5)c5ccccc5)C(=O)N(C)[C@H](O)C(=O)N4[C@H]2Nc2ccccc23)cc1. The van der Waals surface area contributed by atoms with Crippen molar-refractivity contribution in [2.24, 2.45) is 0 Å². The molecule has 3 aliphatic rings. The second kappa shape index (κ2) is 12.8. The van der Waals surface area contributed by atoms with Gasteiger partial charge in [-0.2, -0.15) is 0 Å². The molecular formula is C40H35N3O4S3. The third-order valence-electron chi connectivity index (χ3n) is 10.3. The minimum absolute atomic E-state index is 0.301. The number of nitrogens with zero attached hydrogens (tertiary/aromatic N) is 2. The molecule has 2 amide bonds. The van der Waals surface area contributed by atoms with E-state index in [4.69, 9.17) is 4.74 Å². The number of carbonyl (C=O) groups excluding carboxylic acids is 2. The smallest absolute Gasteiger partial charge is 0.275 e. The number of methoxy groups -OCH3 is 1. The van der Waals surface area contributed by atoms with Gasteiger partial charge in [-0.25, -0.2) is 0 Å². The Balaban J connectivity index is 1.27. The van der Waals surface area contributed by atoms with E-state index >= 15 is 0 Å². The molecule has 2 N–H and O–H groups in total. The highest BCUT2D eigenvalue weighted by atomic mass is 33.5. The molecule has 2 saturated heterocycles. The number of amides is 2. The summed E-state index contributed by atoms with van der Waals surface area (Å²) in [5, 5.41) is 14.8. The molecule has 0 spiro atoms. The lowest BCUT2D eigenvalue weighted by Gasteiger charge is -2.47. The topological polar surface area (TPSA) is 82.1 Å². The summed E-state index contributed by atoms with van der Waals surface area (Å²) < 4.78 is 4.85. The zero-order valence-corrected chi connectivity index (χ0v) is 29.9. The van der Waals surface area contributed by atoms with Crippen molar-refractivity contribution in [2.45, 2.75) is 33.8 Å². The van der Waals surface area contributed by atoms with Gasteiger partial charge >= 0.3 is 0 Å². The van der Waals surface area contributed by atoms with Crippen molar-refractivity contribution in [3.63, 3.8) is 0 Å². The molecule has 5 aromatic rings. The second-order valence-corrected chi connectivity index (χ2v) is 17.2. The van der Waals surface area contributed by atoms with Crippen LogP contribution >= 0.6 is 31.4 Å². The predicted octanol–water partition coefficient (Wildman–Crippen LogP) is 7.47. The van der Waals surface area contributed by atoms with Crippen LogP contribution in [-0.4, -0.2) is 58.1 Å². The molecule has 3 heterocycles. The Morgan fingerprint density at radius 3 is 1.88 bits per heavy atom. The number of carbonyl (C=O) groups is 2. The number of ether oxygens (including phenoxy) is 1. The monoisotopic (exact) mass is 717 g/mol. The third kappa shape index (κ3) is 4.80. The van der Waals surface area contributed by atoms with Crippen molar-refractivity contribution in [3.8, 4) is 5.75 Å². The molecule has 0 aromatic heterocycles. The molecule has 0 saturated carbocycles. The first-order valence-electron chi connectivity index (χ1n) is 16.4. The van der Waals surface area contributed by atoms with Gasteiger partial charge in [-0.3, -0.25) is 14.5 Å².